The fraction of sp³-hybridized carbons (Fsp3) is 0.200. The average Bonchev–Trinajstić information content (AvgIpc) is 2.41. The molecule has 0 heterocycles. The molecule has 0 bridgehead atoms. The van der Waals surface area contributed by atoms with Crippen LogP contribution >= 0.6 is 11.6 Å². The predicted molar refractivity (Wildman–Crippen MR) is 73.3 cm³/mol. The van der Waals surface area contributed by atoms with Gasteiger partial charge in [-0.05, 0) is 48.4 Å². The Hall–Kier alpha value is -1.45. The molecule has 1 unspecified atom stereocenters. The Balaban J connectivity index is 2.30. The largest absolute Gasteiger partial charge is 0.330 e. The molecule has 1 atom stereocenters. The molecule has 0 aliphatic heterocycles. The average molecular weight is 282 g/mol. The maximum Gasteiger partial charge on any atom is 0.126 e. The Morgan fingerprint density at radius 3 is 2.53 bits per heavy atom. The highest BCUT2D eigenvalue weighted by molar-refractivity contribution is 6.31. The molecule has 0 fully saturated rings. The Morgan fingerprint density at radius 1 is 1.11 bits per heavy atom. The van der Waals surface area contributed by atoms with Crippen LogP contribution in [0.4, 0.5) is 8.78 Å². The van der Waals surface area contributed by atoms with E-state index in [1.807, 2.05) is 18.2 Å². The highest BCUT2D eigenvalue weighted by atomic mass is 35.5. The van der Waals surface area contributed by atoms with Crippen molar-refractivity contribution in [3.8, 4) is 0 Å². The Labute approximate surface area is 116 Å². The third kappa shape index (κ3) is 3.31. The lowest BCUT2D eigenvalue weighted by atomic mass is 9.91. The first-order chi connectivity index (χ1) is 9.11. The maximum absolute atomic E-state index is 13.8. The third-order valence-corrected chi connectivity index (χ3v) is 3.48. The fourth-order valence-electron chi connectivity index (χ4n) is 2.08. The number of rotatable bonds is 4. The SMILES string of the molecule is NCC(Cc1ccccc1Cl)c1cc(F)ccc1F. The molecule has 0 aliphatic rings. The molecule has 4 heteroatoms. The zero-order valence-electron chi connectivity index (χ0n) is 10.2. The number of hydrogen-bond donors (Lipinski definition) is 1. The minimum absolute atomic E-state index is 0.228. The van der Waals surface area contributed by atoms with Crippen molar-refractivity contribution >= 4 is 11.6 Å². The molecule has 19 heavy (non-hydrogen) atoms. The molecule has 0 aliphatic carbocycles. The van der Waals surface area contributed by atoms with Crippen molar-refractivity contribution < 1.29 is 8.78 Å². The van der Waals surface area contributed by atoms with Crippen LogP contribution in [0.2, 0.25) is 5.02 Å². The Kier molecular flexibility index (Phi) is 4.51. The van der Waals surface area contributed by atoms with Gasteiger partial charge in [-0.2, -0.15) is 0 Å². The van der Waals surface area contributed by atoms with Gasteiger partial charge >= 0.3 is 0 Å². The summed E-state index contributed by atoms with van der Waals surface area (Å²) >= 11 is 6.08. The van der Waals surface area contributed by atoms with E-state index in [1.165, 1.54) is 6.07 Å². The molecule has 0 spiro atoms. The zero-order valence-corrected chi connectivity index (χ0v) is 11.0. The van der Waals surface area contributed by atoms with Crippen molar-refractivity contribution in [2.24, 2.45) is 5.73 Å². The quantitative estimate of drug-likeness (QED) is 0.904. The van der Waals surface area contributed by atoms with Gasteiger partial charge in [0, 0.05) is 10.9 Å². The molecule has 2 rings (SSSR count). The van der Waals surface area contributed by atoms with Crippen LogP contribution in [0, 0.1) is 11.6 Å². The molecule has 0 radical (unpaired) electrons. The van der Waals surface area contributed by atoms with E-state index in [9.17, 15) is 8.78 Å². The summed E-state index contributed by atoms with van der Waals surface area (Å²) in [6.07, 6.45) is 0.483. The molecule has 0 saturated heterocycles. The van der Waals surface area contributed by atoms with E-state index in [1.54, 1.807) is 6.07 Å². The molecule has 2 N–H and O–H groups in total. The van der Waals surface area contributed by atoms with Crippen LogP contribution in [0.3, 0.4) is 0 Å². The molecule has 1 nitrogen and oxygen atoms in total. The number of nitrogens with two attached hydrogens (primary N) is 1. The van der Waals surface area contributed by atoms with Crippen LogP contribution in [0.25, 0.3) is 0 Å². The van der Waals surface area contributed by atoms with Crippen molar-refractivity contribution in [2.75, 3.05) is 6.54 Å². The molecule has 0 saturated carbocycles. The molecular formula is C15H14ClF2N. The molecular weight excluding hydrogens is 268 g/mol. The van der Waals surface area contributed by atoms with E-state index >= 15 is 0 Å². The van der Waals surface area contributed by atoms with Gasteiger partial charge in [-0.3, -0.25) is 0 Å². The summed E-state index contributed by atoms with van der Waals surface area (Å²) in [7, 11) is 0. The van der Waals surface area contributed by atoms with Crippen LogP contribution in [0.5, 0.6) is 0 Å². The Bertz CT molecular complexity index is 572. The highest BCUT2D eigenvalue weighted by Crippen LogP contribution is 2.26. The van der Waals surface area contributed by atoms with E-state index in [4.69, 9.17) is 17.3 Å². The van der Waals surface area contributed by atoms with Gasteiger partial charge in [0.1, 0.15) is 11.6 Å². The van der Waals surface area contributed by atoms with Crippen LogP contribution in [-0.4, -0.2) is 6.54 Å². The van der Waals surface area contributed by atoms with E-state index in [0.717, 1.165) is 17.7 Å². The molecule has 0 aromatic heterocycles. The van der Waals surface area contributed by atoms with Crippen molar-refractivity contribution in [2.45, 2.75) is 12.3 Å². The summed E-state index contributed by atoms with van der Waals surface area (Å²) < 4.78 is 27.0. The fourth-order valence-corrected chi connectivity index (χ4v) is 2.29. The van der Waals surface area contributed by atoms with Crippen molar-refractivity contribution in [3.63, 3.8) is 0 Å². The van der Waals surface area contributed by atoms with Crippen LogP contribution in [0.15, 0.2) is 42.5 Å². The smallest absolute Gasteiger partial charge is 0.126 e. The minimum Gasteiger partial charge on any atom is -0.330 e. The van der Waals surface area contributed by atoms with Gasteiger partial charge < -0.3 is 5.73 Å². The normalized spacial score (nSPS) is 12.4. The van der Waals surface area contributed by atoms with Crippen LogP contribution < -0.4 is 5.73 Å². The predicted octanol–water partition coefficient (Wildman–Crippen LogP) is 3.90. The summed E-state index contributed by atoms with van der Waals surface area (Å²) in [5.74, 6) is -1.20. The lowest BCUT2D eigenvalue weighted by Gasteiger charge is -2.17. The van der Waals surface area contributed by atoms with Gasteiger partial charge in [0.05, 0.1) is 0 Å². The van der Waals surface area contributed by atoms with Gasteiger partial charge in [-0.1, -0.05) is 29.8 Å². The molecule has 0 amide bonds. The third-order valence-electron chi connectivity index (χ3n) is 3.11. The van der Waals surface area contributed by atoms with Gasteiger partial charge in [0.25, 0.3) is 0 Å². The van der Waals surface area contributed by atoms with Crippen molar-refractivity contribution in [1.29, 1.82) is 0 Å². The second kappa shape index (κ2) is 6.13. The van der Waals surface area contributed by atoms with E-state index < -0.39 is 11.6 Å². The van der Waals surface area contributed by atoms with Crippen LogP contribution in [0.1, 0.15) is 17.0 Å². The topological polar surface area (TPSA) is 26.0 Å². The summed E-state index contributed by atoms with van der Waals surface area (Å²) in [6.45, 7) is 0.228. The summed E-state index contributed by atoms with van der Waals surface area (Å²) in [5.41, 5.74) is 6.86. The molecule has 2 aromatic carbocycles. The lowest BCUT2D eigenvalue weighted by Crippen LogP contribution is -2.16. The first-order valence-corrected chi connectivity index (χ1v) is 6.38. The van der Waals surface area contributed by atoms with Crippen molar-refractivity contribution in [3.05, 3.63) is 70.2 Å². The van der Waals surface area contributed by atoms with Gasteiger partial charge in [-0.25, -0.2) is 8.78 Å². The minimum atomic E-state index is -0.464. The summed E-state index contributed by atoms with van der Waals surface area (Å²) in [4.78, 5) is 0. The highest BCUT2D eigenvalue weighted by Gasteiger charge is 2.17. The van der Waals surface area contributed by atoms with E-state index in [0.29, 0.717) is 17.0 Å². The standard InChI is InChI=1S/C15H14ClF2N/c16-14-4-2-1-3-10(14)7-11(9-19)13-8-12(17)5-6-15(13)18/h1-6,8,11H,7,9,19H2. The summed E-state index contributed by atoms with van der Waals surface area (Å²) in [5, 5.41) is 0.609. The van der Waals surface area contributed by atoms with E-state index in [2.05, 4.69) is 0 Å². The first-order valence-electron chi connectivity index (χ1n) is 6.00. The molecule has 100 valence electrons. The monoisotopic (exact) mass is 281 g/mol. The molecule has 2 aromatic rings. The lowest BCUT2D eigenvalue weighted by molar-refractivity contribution is 0.557. The zero-order chi connectivity index (χ0) is 13.8. The van der Waals surface area contributed by atoms with Crippen molar-refractivity contribution in [1.82, 2.24) is 0 Å². The summed E-state index contributed by atoms with van der Waals surface area (Å²) in [6, 6.07) is 10.7. The van der Waals surface area contributed by atoms with E-state index in [-0.39, 0.29) is 12.5 Å². The van der Waals surface area contributed by atoms with Gasteiger partial charge in [-0.15, -0.1) is 0 Å². The van der Waals surface area contributed by atoms with Gasteiger partial charge in [0.2, 0.25) is 0 Å². The maximum atomic E-state index is 13.8. The van der Waals surface area contributed by atoms with Gasteiger partial charge in [0.15, 0.2) is 0 Å². The van der Waals surface area contributed by atoms with Crippen LogP contribution in [-0.2, 0) is 6.42 Å². The number of halogens is 3. The number of benzene rings is 2. The second-order valence-electron chi connectivity index (χ2n) is 4.39. The number of hydrogen-bond acceptors (Lipinski definition) is 1. The second-order valence-corrected chi connectivity index (χ2v) is 4.80. The Morgan fingerprint density at radius 2 is 1.84 bits per heavy atom. The first kappa shape index (κ1) is 14.0.